The van der Waals surface area contributed by atoms with Gasteiger partial charge in [-0.2, -0.15) is 0 Å². The fraction of sp³-hybridized carbons (Fsp3) is 0.733. The van der Waals surface area contributed by atoms with Crippen LogP contribution in [0, 0.1) is 0 Å². The molecule has 0 radical (unpaired) electrons. The van der Waals surface area contributed by atoms with Crippen LogP contribution in [-0.4, -0.2) is 59.2 Å². The zero-order chi connectivity index (χ0) is 20.0. The highest BCUT2D eigenvalue weighted by Crippen LogP contribution is 2.10. The van der Waals surface area contributed by atoms with Crippen molar-refractivity contribution in [1.29, 1.82) is 0 Å². The molecule has 0 aromatic carbocycles. The maximum absolute atomic E-state index is 12.0. The monoisotopic (exact) mass is 390 g/mol. The highest BCUT2D eigenvalue weighted by atomic mass is 32.2. The molecule has 1 heterocycles. The quantitative estimate of drug-likeness (QED) is 0.649. The Bertz CT molecular complexity index is 736. The van der Waals surface area contributed by atoms with Gasteiger partial charge in [0, 0.05) is 5.75 Å². The van der Waals surface area contributed by atoms with Gasteiger partial charge < -0.3 is 14.8 Å². The van der Waals surface area contributed by atoms with Crippen LogP contribution in [0.3, 0.4) is 0 Å². The Kier molecular flexibility index (Phi) is 7.54. The molecule has 1 N–H and O–H groups in total. The molecule has 11 heteroatoms. The van der Waals surface area contributed by atoms with Gasteiger partial charge in [0.05, 0.1) is 31.1 Å². The second-order valence-corrected chi connectivity index (χ2v) is 8.89. The molecule has 0 saturated carbocycles. The Morgan fingerprint density at radius 3 is 2.42 bits per heavy atom. The summed E-state index contributed by atoms with van der Waals surface area (Å²) in [7, 11) is -3.23. The van der Waals surface area contributed by atoms with Gasteiger partial charge in [0.25, 0.3) is 0 Å². The summed E-state index contributed by atoms with van der Waals surface area (Å²) in [5, 5.41) is 10.1. The van der Waals surface area contributed by atoms with Crippen molar-refractivity contribution in [3.05, 3.63) is 11.4 Å². The molecule has 0 spiro atoms. The molecule has 0 fully saturated rings. The number of sulfone groups is 1. The van der Waals surface area contributed by atoms with Crippen LogP contribution in [0.1, 0.15) is 50.8 Å². The largest absolute Gasteiger partial charge is 0.461 e. The third-order valence-corrected chi connectivity index (χ3v) is 4.84. The summed E-state index contributed by atoms with van der Waals surface area (Å²) in [6.45, 7) is 8.40. The van der Waals surface area contributed by atoms with Crippen LogP contribution in [0.2, 0.25) is 0 Å². The zero-order valence-electron chi connectivity index (χ0n) is 15.7. The van der Waals surface area contributed by atoms with Gasteiger partial charge in [-0.05, 0) is 27.7 Å². The molecule has 26 heavy (non-hydrogen) atoms. The third kappa shape index (κ3) is 6.98. The first-order valence-electron chi connectivity index (χ1n) is 8.25. The van der Waals surface area contributed by atoms with E-state index in [9.17, 15) is 18.0 Å². The number of ether oxygens (including phenoxy) is 2. The highest BCUT2D eigenvalue weighted by molar-refractivity contribution is 7.91. The van der Waals surface area contributed by atoms with Gasteiger partial charge in [0.2, 0.25) is 0 Å². The molecule has 0 aliphatic carbocycles. The number of amides is 1. The van der Waals surface area contributed by atoms with Crippen LogP contribution in [0.4, 0.5) is 4.79 Å². The molecular weight excluding hydrogens is 364 g/mol. The summed E-state index contributed by atoms with van der Waals surface area (Å²) >= 11 is 0. The number of hydrogen-bond donors (Lipinski definition) is 1. The molecule has 0 bridgehead atoms. The number of esters is 1. The van der Waals surface area contributed by atoms with E-state index >= 15 is 0 Å². The van der Waals surface area contributed by atoms with Crippen LogP contribution in [0.25, 0.3) is 0 Å². The van der Waals surface area contributed by atoms with Crippen LogP contribution < -0.4 is 5.32 Å². The summed E-state index contributed by atoms with van der Waals surface area (Å²) in [4.78, 5) is 23.8. The zero-order valence-corrected chi connectivity index (χ0v) is 16.6. The Labute approximate surface area is 153 Å². The van der Waals surface area contributed by atoms with Crippen LogP contribution in [-0.2, 0) is 32.4 Å². The van der Waals surface area contributed by atoms with E-state index in [-0.39, 0.29) is 42.6 Å². The number of nitrogens with one attached hydrogen (secondary N) is 1. The fourth-order valence-electron chi connectivity index (χ4n) is 1.89. The second-order valence-electron chi connectivity index (χ2n) is 6.42. The Morgan fingerprint density at radius 1 is 1.23 bits per heavy atom. The first-order valence-corrected chi connectivity index (χ1v) is 10.1. The molecule has 1 rings (SSSR count). The van der Waals surface area contributed by atoms with Crippen molar-refractivity contribution in [3.63, 3.8) is 0 Å². The molecule has 0 saturated heterocycles. The van der Waals surface area contributed by atoms with Crippen molar-refractivity contribution < 1.29 is 27.5 Å². The van der Waals surface area contributed by atoms with Gasteiger partial charge in [-0.3, -0.25) is 0 Å². The third-order valence-electron chi connectivity index (χ3n) is 3.16. The van der Waals surface area contributed by atoms with E-state index in [0.717, 1.165) is 0 Å². The summed E-state index contributed by atoms with van der Waals surface area (Å²) in [6, 6.07) is 0. The SMILES string of the molecule is CCOC(=O)c1nnn(CCS(=O)(=O)CC)c1CNC(=O)OC(C)(C)C. The lowest BCUT2D eigenvalue weighted by Gasteiger charge is -2.19. The minimum absolute atomic E-state index is 0.00206. The van der Waals surface area contributed by atoms with E-state index in [2.05, 4.69) is 15.6 Å². The number of nitrogens with zero attached hydrogens (tertiary/aromatic N) is 3. The lowest BCUT2D eigenvalue weighted by molar-refractivity contribution is 0.0497. The fourth-order valence-corrected chi connectivity index (χ4v) is 2.63. The lowest BCUT2D eigenvalue weighted by atomic mass is 10.2. The average molecular weight is 390 g/mol. The summed E-state index contributed by atoms with van der Waals surface area (Å²) in [6.07, 6.45) is -0.679. The number of aromatic nitrogens is 3. The smallest absolute Gasteiger partial charge is 0.407 e. The number of rotatable bonds is 8. The lowest BCUT2D eigenvalue weighted by Crippen LogP contribution is -2.33. The van der Waals surface area contributed by atoms with E-state index in [1.165, 1.54) is 4.68 Å². The van der Waals surface area contributed by atoms with Gasteiger partial charge in [0.15, 0.2) is 15.5 Å². The van der Waals surface area contributed by atoms with Gasteiger partial charge in [-0.25, -0.2) is 22.7 Å². The van der Waals surface area contributed by atoms with E-state index < -0.39 is 27.5 Å². The summed E-state index contributed by atoms with van der Waals surface area (Å²) in [5.41, 5.74) is -0.501. The van der Waals surface area contributed by atoms with Crippen molar-refractivity contribution in [1.82, 2.24) is 20.3 Å². The number of alkyl carbamates (subject to hydrolysis) is 1. The highest BCUT2D eigenvalue weighted by Gasteiger charge is 2.23. The normalized spacial score (nSPS) is 11.9. The Balaban J connectivity index is 2.97. The van der Waals surface area contributed by atoms with Crippen molar-refractivity contribution in [2.75, 3.05) is 18.1 Å². The second kappa shape index (κ2) is 8.97. The number of aryl methyl sites for hydroxylation is 1. The van der Waals surface area contributed by atoms with Gasteiger partial charge in [0.1, 0.15) is 5.60 Å². The minimum atomic E-state index is -3.23. The molecule has 0 aliphatic heterocycles. The number of carbonyl (C=O) groups excluding carboxylic acids is 2. The van der Waals surface area contributed by atoms with Crippen molar-refractivity contribution in [2.24, 2.45) is 0 Å². The molecule has 10 nitrogen and oxygen atoms in total. The van der Waals surface area contributed by atoms with E-state index in [0.29, 0.717) is 0 Å². The number of carbonyl (C=O) groups is 2. The van der Waals surface area contributed by atoms with Crippen LogP contribution in [0.15, 0.2) is 0 Å². The first kappa shape index (κ1) is 21.9. The van der Waals surface area contributed by atoms with Crippen molar-refractivity contribution in [2.45, 2.75) is 53.3 Å². The Hall–Kier alpha value is -2.17. The predicted molar refractivity (Wildman–Crippen MR) is 93.4 cm³/mol. The number of hydrogen-bond acceptors (Lipinski definition) is 8. The molecule has 0 aliphatic rings. The molecule has 1 aromatic rings. The van der Waals surface area contributed by atoms with Crippen LogP contribution >= 0.6 is 0 Å². The van der Waals surface area contributed by atoms with E-state index in [1.54, 1.807) is 34.6 Å². The summed E-state index contributed by atoms with van der Waals surface area (Å²) in [5.74, 6) is -0.856. The first-order chi connectivity index (χ1) is 12.0. The van der Waals surface area contributed by atoms with Crippen molar-refractivity contribution >= 4 is 21.9 Å². The van der Waals surface area contributed by atoms with Gasteiger partial charge in [-0.15, -0.1) is 5.10 Å². The maximum atomic E-state index is 12.0. The molecule has 0 unspecified atom stereocenters. The minimum Gasteiger partial charge on any atom is -0.461 e. The van der Waals surface area contributed by atoms with Gasteiger partial charge in [-0.1, -0.05) is 12.1 Å². The Morgan fingerprint density at radius 2 is 1.88 bits per heavy atom. The standard InChI is InChI=1S/C15H26N4O6S/c1-6-24-13(20)12-11(10-16-14(21)25-15(3,4)5)19(18-17-12)8-9-26(22,23)7-2/h6-10H2,1-5H3,(H,16,21). The predicted octanol–water partition coefficient (Wildman–Crippen LogP) is 0.914. The molecule has 148 valence electrons. The molecule has 0 atom stereocenters. The van der Waals surface area contributed by atoms with E-state index in [4.69, 9.17) is 9.47 Å². The maximum Gasteiger partial charge on any atom is 0.407 e. The van der Waals surface area contributed by atoms with Crippen LogP contribution in [0.5, 0.6) is 0 Å². The van der Waals surface area contributed by atoms with E-state index in [1.807, 2.05) is 0 Å². The average Bonchev–Trinajstić information content (AvgIpc) is 2.92. The summed E-state index contributed by atoms with van der Waals surface area (Å²) < 4.78 is 34.8. The molecule has 1 aromatic heterocycles. The molecule has 1 amide bonds. The molecular formula is C15H26N4O6S. The van der Waals surface area contributed by atoms with Gasteiger partial charge >= 0.3 is 12.1 Å². The van der Waals surface area contributed by atoms with Crippen molar-refractivity contribution in [3.8, 4) is 0 Å². The topological polar surface area (TPSA) is 129 Å².